The number of oxazole rings is 1. The SMILES string of the molecule is C=NNc1nc(N2CCOCC2)c2oc(-c3ccccn3)nc2n1. The Morgan fingerprint density at radius 1 is 1.17 bits per heavy atom. The van der Waals surface area contributed by atoms with Gasteiger partial charge in [0.05, 0.1) is 13.2 Å². The monoisotopic (exact) mass is 325 g/mol. The zero-order valence-electron chi connectivity index (χ0n) is 12.8. The third-order valence-corrected chi connectivity index (χ3v) is 3.61. The Morgan fingerprint density at radius 2 is 2.04 bits per heavy atom. The summed E-state index contributed by atoms with van der Waals surface area (Å²) in [7, 11) is 0. The molecule has 1 N–H and O–H groups in total. The van der Waals surface area contributed by atoms with Crippen molar-refractivity contribution < 1.29 is 9.15 Å². The maximum atomic E-state index is 5.92. The maximum Gasteiger partial charge on any atom is 0.247 e. The Bertz CT molecular complexity index is 859. The van der Waals surface area contributed by atoms with Crippen LogP contribution in [0.4, 0.5) is 11.8 Å². The van der Waals surface area contributed by atoms with E-state index in [1.807, 2.05) is 18.2 Å². The van der Waals surface area contributed by atoms with Gasteiger partial charge in [-0.25, -0.2) is 5.43 Å². The summed E-state index contributed by atoms with van der Waals surface area (Å²) in [5.41, 5.74) is 4.27. The van der Waals surface area contributed by atoms with Crippen LogP contribution in [-0.4, -0.2) is 53.0 Å². The van der Waals surface area contributed by atoms with Crippen molar-refractivity contribution in [2.24, 2.45) is 5.10 Å². The fourth-order valence-electron chi connectivity index (χ4n) is 2.52. The van der Waals surface area contributed by atoms with E-state index in [4.69, 9.17) is 9.15 Å². The van der Waals surface area contributed by atoms with Gasteiger partial charge in [-0.15, -0.1) is 0 Å². The van der Waals surface area contributed by atoms with E-state index in [0.717, 1.165) is 0 Å². The number of hydrogen-bond donors (Lipinski definition) is 1. The largest absolute Gasteiger partial charge is 0.429 e. The zero-order chi connectivity index (χ0) is 16.4. The molecule has 1 fully saturated rings. The van der Waals surface area contributed by atoms with E-state index in [1.54, 1.807) is 6.20 Å². The van der Waals surface area contributed by atoms with Crippen LogP contribution in [0.2, 0.25) is 0 Å². The third kappa shape index (κ3) is 2.65. The number of pyridine rings is 1. The van der Waals surface area contributed by atoms with Gasteiger partial charge < -0.3 is 14.1 Å². The number of fused-ring (bicyclic) bond motifs is 1. The molecule has 0 aliphatic carbocycles. The lowest BCUT2D eigenvalue weighted by atomic mass is 10.3. The lowest BCUT2D eigenvalue weighted by Crippen LogP contribution is -2.37. The number of nitrogens with zero attached hydrogens (tertiary/aromatic N) is 6. The van der Waals surface area contributed by atoms with Gasteiger partial charge in [0.25, 0.3) is 0 Å². The number of rotatable bonds is 4. The van der Waals surface area contributed by atoms with Gasteiger partial charge in [0.15, 0.2) is 5.82 Å². The molecule has 4 heterocycles. The summed E-state index contributed by atoms with van der Waals surface area (Å²) < 4.78 is 11.3. The highest BCUT2D eigenvalue weighted by molar-refractivity contribution is 5.84. The molecule has 1 aliphatic heterocycles. The first-order valence-electron chi connectivity index (χ1n) is 7.49. The van der Waals surface area contributed by atoms with Gasteiger partial charge in [0, 0.05) is 26.0 Å². The molecule has 122 valence electrons. The molecule has 0 aromatic carbocycles. The lowest BCUT2D eigenvalue weighted by Gasteiger charge is -2.27. The Kier molecular flexibility index (Phi) is 3.75. The van der Waals surface area contributed by atoms with Crippen LogP contribution in [0.1, 0.15) is 0 Å². The maximum absolute atomic E-state index is 5.92. The Labute approximate surface area is 137 Å². The molecule has 1 aliphatic rings. The minimum Gasteiger partial charge on any atom is -0.429 e. The molecule has 0 unspecified atom stereocenters. The fourth-order valence-corrected chi connectivity index (χ4v) is 2.52. The molecule has 1 saturated heterocycles. The van der Waals surface area contributed by atoms with E-state index >= 15 is 0 Å². The lowest BCUT2D eigenvalue weighted by molar-refractivity contribution is 0.122. The standard InChI is InChI=1S/C15H15N7O2/c1-16-21-15-19-12-11(13(20-15)22-6-8-23-9-7-22)24-14(18-12)10-4-2-3-5-17-10/h2-5H,1,6-9H2,(H,19,20,21). The summed E-state index contributed by atoms with van der Waals surface area (Å²) in [6, 6.07) is 5.54. The van der Waals surface area contributed by atoms with Gasteiger partial charge in [-0.1, -0.05) is 6.07 Å². The summed E-state index contributed by atoms with van der Waals surface area (Å²) in [6.45, 7) is 6.10. The fraction of sp³-hybridized carbons (Fsp3) is 0.267. The molecule has 9 heteroatoms. The topological polar surface area (TPSA) is 102 Å². The first-order chi connectivity index (χ1) is 11.8. The normalized spacial score (nSPS) is 14.8. The third-order valence-electron chi connectivity index (χ3n) is 3.61. The predicted octanol–water partition coefficient (Wildman–Crippen LogP) is 1.54. The molecule has 0 saturated carbocycles. The summed E-state index contributed by atoms with van der Waals surface area (Å²) in [4.78, 5) is 19.6. The first kappa shape index (κ1) is 14.5. The molecule has 3 aromatic heterocycles. The van der Waals surface area contributed by atoms with E-state index in [0.29, 0.717) is 60.9 Å². The second-order valence-electron chi connectivity index (χ2n) is 5.13. The first-order valence-corrected chi connectivity index (χ1v) is 7.49. The minimum atomic E-state index is 0.319. The van der Waals surface area contributed by atoms with Crippen LogP contribution in [0, 0.1) is 0 Å². The molecule has 0 spiro atoms. The zero-order valence-corrected chi connectivity index (χ0v) is 12.8. The van der Waals surface area contributed by atoms with Crippen LogP contribution in [0.3, 0.4) is 0 Å². The van der Waals surface area contributed by atoms with Crippen LogP contribution >= 0.6 is 0 Å². The number of anilines is 2. The van der Waals surface area contributed by atoms with Crippen LogP contribution in [0.25, 0.3) is 22.8 Å². The van der Waals surface area contributed by atoms with E-state index in [-0.39, 0.29) is 0 Å². The molecule has 0 bridgehead atoms. The average Bonchev–Trinajstić information content (AvgIpc) is 3.07. The van der Waals surface area contributed by atoms with Gasteiger partial charge in [0.1, 0.15) is 5.69 Å². The van der Waals surface area contributed by atoms with Gasteiger partial charge in [-0.3, -0.25) is 4.98 Å². The van der Waals surface area contributed by atoms with Crippen molar-refractivity contribution >= 4 is 29.7 Å². The molecule has 0 amide bonds. The molecule has 4 rings (SSSR count). The van der Waals surface area contributed by atoms with Crippen molar-refractivity contribution in [2.45, 2.75) is 0 Å². The van der Waals surface area contributed by atoms with E-state index < -0.39 is 0 Å². The van der Waals surface area contributed by atoms with Gasteiger partial charge in [-0.2, -0.15) is 20.1 Å². The van der Waals surface area contributed by atoms with E-state index in [2.05, 4.69) is 42.1 Å². The predicted molar refractivity (Wildman–Crippen MR) is 89.0 cm³/mol. The van der Waals surface area contributed by atoms with Crippen molar-refractivity contribution in [1.29, 1.82) is 0 Å². The molecule has 0 atom stereocenters. The van der Waals surface area contributed by atoms with Crippen molar-refractivity contribution in [2.75, 3.05) is 36.6 Å². The van der Waals surface area contributed by atoms with Gasteiger partial charge in [0.2, 0.25) is 23.1 Å². The number of aromatic nitrogens is 4. The summed E-state index contributed by atoms with van der Waals surface area (Å²) in [6.07, 6.45) is 1.69. The van der Waals surface area contributed by atoms with Crippen LogP contribution in [0.5, 0.6) is 0 Å². The Hall–Kier alpha value is -3.07. The molecular weight excluding hydrogens is 310 g/mol. The highest BCUT2D eigenvalue weighted by atomic mass is 16.5. The van der Waals surface area contributed by atoms with Gasteiger partial charge in [-0.05, 0) is 12.1 Å². The van der Waals surface area contributed by atoms with Crippen LogP contribution in [-0.2, 0) is 4.74 Å². The summed E-state index contributed by atoms with van der Waals surface area (Å²) >= 11 is 0. The molecule has 9 nitrogen and oxygen atoms in total. The number of hydrogen-bond acceptors (Lipinski definition) is 9. The summed E-state index contributed by atoms with van der Waals surface area (Å²) in [5, 5.41) is 3.63. The number of hydrazone groups is 1. The molecule has 0 radical (unpaired) electrons. The minimum absolute atomic E-state index is 0.319. The second kappa shape index (κ2) is 6.20. The second-order valence-corrected chi connectivity index (χ2v) is 5.13. The van der Waals surface area contributed by atoms with Crippen molar-refractivity contribution in [3.63, 3.8) is 0 Å². The quantitative estimate of drug-likeness (QED) is 0.569. The van der Waals surface area contributed by atoms with Crippen molar-refractivity contribution in [3.05, 3.63) is 24.4 Å². The van der Waals surface area contributed by atoms with Crippen molar-refractivity contribution in [1.82, 2.24) is 19.9 Å². The van der Waals surface area contributed by atoms with Crippen molar-refractivity contribution in [3.8, 4) is 11.6 Å². The molecular formula is C15H15N7O2. The van der Waals surface area contributed by atoms with E-state index in [1.165, 1.54) is 0 Å². The smallest absolute Gasteiger partial charge is 0.247 e. The Morgan fingerprint density at radius 3 is 2.79 bits per heavy atom. The highest BCUT2D eigenvalue weighted by Crippen LogP contribution is 2.30. The highest BCUT2D eigenvalue weighted by Gasteiger charge is 2.22. The van der Waals surface area contributed by atoms with Crippen LogP contribution < -0.4 is 10.3 Å². The number of nitrogens with one attached hydrogen (secondary N) is 1. The average molecular weight is 325 g/mol. The Balaban J connectivity index is 1.85. The van der Waals surface area contributed by atoms with Crippen LogP contribution in [0.15, 0.2) is 33.9 Å². The van der Waals surface area contributed by atoms with Gasteiger partial charge >= 0.3 is 0 Å². The number of morpholine rings is 1. The van der Waals surface area contributed by atoms with E-state index in [9.17, 15) is 0 Å². The molecule has 3 aromatic rings. The summed E-state index contributed by atoms with van der Waals surface area (Å²) in [5.74, 6) is 1.38. The number of ether oxygens (including phenoxy) is 1. The molecule has 24 heavy (non-hydrogen) atoms.